The van der Waals surface area contributed by atoms with Crippen LogP contribution in [0.4, 0.5) is 4.79 Å². The van der Waals surface area contributed by atoms with E-state index in [1.54, 1.807) is 0 Å². The van der Waals surface area contributed by atoms with Gasteiger partial charge in [0, 0.05) is 12.1 Å². The Morgan fingerprint density at radius 3 is 2.60 bits per heavy atom. The van der Waals surface area contributed by atoms with E-state index in [2.05, 4.69) is 12.2 Å². The van der Waals surface area contributed by atoms with Crippen LogP contribution in [0.15, 0.2) is 0 Å². The van der Waals surface area contributed by atoms with Gasteiger partial charge in [-0.15, -0.1) is 0 Å². The number of carboxylic acids is 1. The second kappa shape index (κ2) is 9.10. The summed E-state index contributed by atoms with van der Waals surface area (Å²) in [6, 6.07) is -0.0594. The maximum absolute atomic E-state index is 12.3. The number of carbonyl (C=O) groups is 2. The predicted molar refractivity (Wildman–Crippen MR) is 82.2 cm³/mol. The number of urea groups is 1. The van der Waals surface area contributed by atoms with Gasteiger partial charge in [-0.3, -0.25) is 4.79 Å². The summed E-state index contributed by atoms with van der Waals surface area (Å²) in [7, 11) is 0. The average Bonchev–Trinajstić information content (AvgIpc) is 2.89. The van der Waals surface area contributed by atoms with Crippen LogP contribution in [-0.4, -0.2) is 52.1 Å². The first kappa shape index (κ1) is 17.1. The Labute approximate surface area is 125 Å². The van der Waals surface area contributed by atoms with Gasteiger partial charge in [-0.1, -0.05) is 19.8 Å². The van der Waals surface area contributed by atoms with Crippen LogP contribution in [0.3, 0.4) is 0 Å². The van der Waals surface area contributed by atoms with Crippen LogP contribution >= 0.6 is 11.8 Å². The van der Waals surface area contributed by atoms with E-state index in [1.807, 2.05) is 18.7 Å². The minimum atomic E-state index is -0.943. The maximum Gasteiger partial charge on any atom is 0.323 e. The first-order chi connectivity index (χ1) is 9.54. The monoisotopic (exact) mass is 302 g/mol. The van der Waals surface area contributed by atoms with Crippen molar-refractivity contribution in [2.24, 2.45) is 0 Å². The molecule has 0 spiro atoms. The number of thioether (sulfide) groups is 1. The van der Waals surface area contributed by atoms with E-state index in [-0.39, 0.29) is 24.7 Å². The number of aliphatic carboxylic acids is 1. The number of amides is 2. The molecule has 0 saturated heterocycles. The standard InChI is InChI=1S/C14H26N2O3S/c1-3-20-9-8-11(2)15-14(19)16(10-13(17)18)12-6-4-5-7-12/h11-12H,3-10H2,1-2H3,(H,15,19)(H,17,18). The number of hydrogen-bond acceptors (Lipinski definition) is 3. The van der Waals surface area contributed by atoms with Crippen LogP contribution in [0.1, 0.15) is 46.0 Å². The molecule has 0 radical (unpaired) electrons. The Bertz CT molecular complexity index is 320. The highest BCUT2D eigenvalue weighted by Gasteiger charge is 2.28. The molecule has 2 amide bonds. The largest absolute Gasteiger partial charge is 0.480 e. The fourth-order valence-electron chi connectivity index (χ4n) is 2.50. The Hall–Kier alpha value is -0.910. The molecular formula is C14H26N2O3S. The average molecular weight is 302 g/mol. The highest BCUT2D eigenvalue weighted by Crippen LogP contribution is 2.23. The van der Waals surface area contributed by atoms with E-state index in [1.165, 1.54) is 4.90 Å². The molecule has 0 aromatic heterocycles. The van der Waals surface area contributed by atoms with Crippen LogP contribution in [0.25, 0.3) is 0 Å². The van der Waals surface area contributed by atoms with E-state index in [0.29, 0.717) is 0 Å². The molecule has 0 aromatic rings. The zero-order valence-corrected chi connectivity index (χ0v) is 13.2. The molecule has 6 heteroatoms. The quantitative estimate of drug-likeness (QED) is 0.676. The van der Waals surface area contributed by atoms with Crippen molar-refractivity contribution < 1.29 is 14.7 Å². The van der Waals surface area contributed by atoms with Crippen molar-refractivity contribution in [3.05, 3.63) is 0 Å². The van der Waals surface area contributed by atoms with Gasteiger partial charge in [0.05, 0.1) is 0 Å². The van der Waals surface area contributed by atoms with Gasteiger partial charge in [0.15, 0.2) is 0 Å². The van der Waals surface area contributed by atoms with E-state index >= 15 is 0 Å². The molecule has 1 aliphatic rings. The Kier molecular flexibility index (Phi) is 7.80. The number of nitrogens with zero attached hydrogens (tertiary/aromatic N) is 1. The number of carboxylic acid groups (broad SMARTS) is 1. The van der Waals surface area contributed by atoms with Crippen molar-refractivity contribution in [3.8, 4) is 0 Å². The summed E-state index contributed by atoms with van der Waals surface area (Å²) < 4.78 is 0. The van der Waals surface area contributed by atoms with Gasteiger partial charge < -0.3 is 15.3 Å². The number of rotatable bonds is 8. The molecule has 0 heterocycles. The molecule has 20 heavy (non-hydrogen) atoms. The van der Waals surface area contributed by atoms with Gasteiger partial charge >= 0.3 is 12.0 Å². The Morgan fingerprint density at radius 2 is 2.05 bits per heavy atom. The Balaban J connectivity index is 2.47. The fourth-order valence-corrected chi connectivity index (χ4v) is 3.31. The smallest absolute Gasteiger partial charge is 0.323 e. The summed E-state index contributed by atoms with van der Waals surface area (Å²) >= 11 is 1.85. The zero-order chi connectivity index (χ0) is 15.0. The molecule has 0 aliphatic heterocycles. The minimum absolute atomic E-state index is 0.0826. The molecule has 1 saturated carbocycles. The lowest BCUT2D eigenvalue weighted by Gasteiger charge is -2.29. The van der Waals surface area contributed by atoms with Crippen molar-refractivity contribution >= 4 is 23.8 Å². The molecule has 1 rings (SSSR count). The highest BCUT2D eigenvalue weighted by molar-refractivity contribution is 7.99. The molecule has 1 unspecified atom stereocenters. The van der Waals surface area contributed by atoms with Gasteiger partial charge in [-0.25, -0.2) is 4.79 Å². The first-order valence-electron chi connectivity index (χ1n) is 7.41. The molecule has 0 bridgehead atoms. The maximum atomic E-state index is 12.3. The summed E-state index contributed by atoms with van der Waals surface area (Å²) in [5.74, 6) is 1.15. The summed E-state index contributed by atoms with van der Waals surface area (Å²) in [6.45, 7) is 3.89. The van der Waals surface area contributed by atoms with Crippen LogP contribution in [0.5, 0.6) is 0 Å². The molecule has 1 fully saturated rings. The molecule has 1 aliphatic carbocycles. The summed E-state index contributed by atoms with van der Waals surface area (Å²) in [5, 5.41) is 11.9. The second-order valence-corrected chi connectivity index (χ2v) is 6.69. The minimum Gasteiger partial charge on any atom is -0.480 e. The first-order valence-corrected chi connectivity index (χ1v) is 8.56. The normalized spacial score (nSPS) is 16.9. The van der Waals surface area contributed by atoms with Crippen molar-refractivity contribution in [2.75, 3.05) is 18.1 Å². The van der Waals surface area contributed by atoms with Crippen molar-refractivity contribution in [1.82, 2.24) is 10.2 Å². The summed E-state index contributed by atoms with van der Waals surface area (Å²) in [4.78, 5) is 24.7. The molecule has 0 aromatic carbocycles. The van der Waals surface area contributed by atoms with Gasteiger partial charge in [0.25, 0.3) is 0 Å². The van der Waals surface area contributed by atoms with E-state index in [4.69, 9.17) is 5.11 Å². The second-order valence-electron chi connectivity index (χ2n) is 5.30. The molecule has 116 valence electrons. The predicted octanol–water partition coefficient (Wildman–Crippen LogP) is 2.56. The van der Waals surface area contributed by atoms with E-state index < -0.39 is 5.97 Å². The van der Waals surface area contributed by atoms with Crippen LogP contribution in [-0.2, 0) is 4.79 Å². The third-order valence-electron chi connectivity index (χ3n) is 3.60. The lowest BCUT2D eigenvalue weighted by Crippen LogP contribution is -2.50. The topological polar surface area (TPSA) is 69.6 Å². The van der Waals surface area contributed by atoms with Crippen molar-refractivity contribution in [2.45, 2.75) is 58.0 Å². The SMILES string of the molecule is CCSCCC(C)NC(=O)N(CC(=O)O)C1CCCC1. The van der Waals surface area contributed by atoms with Gasteiger partial charge in [-0.2, -0.15) is 11.8 Å². The molecule has 2 N–H and O–H groups in total. The molecule has 5 nitrogen and oxygen atoms in total. The third kappa shape index (κ3) is 6.03. The lowest BCUT2D eigenvalue weighted by molar-refractivity contribution is -0.138. The van der Waals surface area contributed by atoms with Crippen molar-refractivity contribution in [1.29, 1.82) is 0 Å². The van der Waals surface area contributed by atoms with E-state index in [9.17, 15) is 9.59 Å². The molecule has 1 atom stereocenters. The lowest BCUT2D eigenvalue weighted by atomic mass is 10.2. The molecular weight excluding hydrogens is 276 g/mol. The fraction of sp³-hybridized carbons (Fsp3) is 0.857. The van der Waals surface area contributed by atoms with Gasteiger partial charge in [0.2, 0.25) is 0 Å². The van der Waals surface area contributed by atoms with Gasteiger partial charge in [0.1, 0.15) is 6.54 Å². The highest BCUT2D eigenvalue weighted by atomic mass is 32.2. The van der Waals surface area contributed by atoms with Crippen molar-refractivity contribution in [3.63, 3.8) is 0 Å². The third-order valence-corrected chi connectivity index (χ3v) is 4.53. The van der Waals surface area contributed by atoms with Crippen LogP contribution in [0, 0.1) is 0 Å². The van der Waals surface area contributed by atoms with Crippen LogP contribution in [0.2, 0.25) is 0 Å². The van der Waals surface area contributed by atoms with Crippen LogP contribution < -0.4 is 5.32 Å². The van der Waals surface area contributed by atoms with Gasteiger partial charge in [-0.05, 0) is 37.7 Å². The van der Waals surface area contributed by atoms with E-state index in [0.717, 1.165) is 43.6 Å². The number of carbonyl (C=O) groups excluding carboxylic acids is 1. The summed E-state index contributed by atoms with van der Waals surface area (Å²) in [5.41, 5.74) is 0. The Morgan fingerprint density at radius 1 is 1.40 bits per heavy atom. The zero-order valence-electron chi connectivity index (χ0n) is 12.4. The summed E-state index contributed by atoms with van der Waals surface area (Å²) in [6.07, 6.45) is 4.91. The number of nitrogens with one attached hydrogen (secondary N) is 1. The number of hydrogen-bond donors (Lipinski definition) is 2.